The predicted molar refractivity (Wildman–Crippen MR) is 90.4 cm³/mol. The molecule has 1 saturated heterocycles. The summed E-state index contributed by atoms with van der Waals surface area (Å²) in [5, 5.41) is 0. The number of benzene rings is 2. The molecule has 3 rings (SSSR count). The van der Waals surface area contributed by atoms with Crippen LogP contribution in [0.2, 0.25) is 0 Å². The second-order valence-corrected chi connectivity index (χ2v) is 6.41. The number of alkyl halides is 3. The lowest BCUT2D eigenvalue weighted by molar-refractivity contribution is -0.137. The predicted octanol–water partition coefficient (Wildman–Crippen LogP) is 4.92. The summed E-state index contributed by atoms with van der Waals surface area (Å²) in [6.45, 7) is 2.77. The van der Waals surface area contributed by atoms with Gasteiger partial charge in [-0.25, -0.2) is 0 Å². The van der Waals surface area contributed by atoms with Crippen molar-refractivity contribution in [1.82, 2.24) is 4.90 Å². The number of halogens is 3. The summed E-state index contributed by atoms with van der Waals surface area (Å²) in [5.74, 6) is -0.589. The first-order chi connectivity index (χ1) is 11.9. The van der Waals surface area contributed by atoms with Gasteiger partial charge in [0.05, 0.1) is 5.56 Å². The quantitative estimate of drug-likeness (QED) is 0.732. The van der Waals surface area contributed by atoms with Crippen LogP contribution in [0.15, 0.2) is 48.5 Å². The van der Waals surface area contributed by atoms with E-state index >= 15 is 0 Å². The summed E-state index contributed by atoms with van der Waals surface area (Å²) in [6.07, 6.45) is -0.976. The zero-order chi connectivity index (χ0) is 17.9. The number of hydrogen-bond donors (Lipinski definition) is 0. The Morgan fingerprint density at radius 2 is 1.68 bits per heavy atom. The summed E-state index contributed by atoms with van der Waals surface area (Å²) < 4.78 is 39.5. The molecule has 0 amide bonds. The number of piperidine rings is 1. The van der Waals surface area contributed by atoms with Gasteiger partial charge in [0.1, 0.15) is 0 Å². The Kier molecular flexibility index (Phi) is 5.23. The molecule has 2 aromatic rings. The summed E-state index contributed by atoms with van der Waals surface area (Å²) in [7, 11) is 0. The molecule has 5 heteroatoms. The molecular formula is C20H20F3NO. The van der Waals surface area contributed by atoms with E-state index < -0.39 is 17.5 Å². The van der Waals surface area contributed by atoms with Crippen molar-refractivity contribution in [2.75, 3.05) is 13.1 Å². The Balaban J connectivity index is 1.85. The minimum Gasteiger partial charge on any atom is -0.299 e. The first-order valence-electron chi connectivity index (χ1n) is 8.47. The van der Waals surface area contributed by atoms with Crippen molar-refractivity contribution in [2.45, 2.75) is 32.0 Å². The number of ketones is 1. The molecule has 0 spiro atoms. The van der Waals surface area contributed by atoms with Gasteiger partial charge >= 0.3 is 6.18 Å². The molecule has 0 aliphatic carbocycles. The normalized spacial score (nSPS) is 16.0. The van der Waals surface area contributed by atoms with Crippen LogP contribution in [0.25, 0.3) is 0 Å². The maximum Gasteiger partial charge on any atom is 0.417 e. The highest BCUT2D eigenvalue weighted by Crippen LogP contribution is 2.33. The lowest BCUT2D eigenvalue weighted by Gasteiger charge is -2.26. The van der Waals surface area contributed by atoms with Crippen molar-refractivity contribution in [3.8, 4) is 0 Å². The largest absolute Gasteiger partial charge is 0.417 e. The van der Waals surface area contributed by atoms with Crippen LogP contribution in [0.4, 0.5) is 13.2 Å². The fraction of sp³-hybridized carbons (Fsp3) is 0.350. The molecule has 1 aliphatic heterocycles. The van der Waals surface area contributed by atoms with Gasteiger partial charge in [-0.05, 0) is 43.6 Å². The lowest BCUT2D eigenvalue weighted by Crippen LogP contribution is -2.29. The van der Waals surface area contributed by atoms with Crippen LogP contribution < -0.4 is 0 Å². The summed E-state index contributed by atoms with van der Waals surface area (Å²) in [6, 6.07) is 11.9. The molecule has 2 aromatic carbocycles. The fourth-order valence-electron chi connectivity index (χ4n) is 3.27. The third kappa shape index (κ3) is 4.28. The Morgan fingerprint density at radius 3 is 2.40 bits per heavy atom. The van der Waals surface area contributed by atoms with E-state index in [4.69, 9.17) is 0 Å². The molecule has 0 saturated carbocycles. The molecule has 0 bridgehead atoms. The third-order valence-electron chi connectivity index (χ3n) is 4.52. The number of likely N-dealkylation sites (tertiary alicyclic amines) is 1. The SMILES string of the molecule is O=C(c1cccc(CN2CCCCC2)c1)c1ccccc1C(F)(F)F. The minimum absolute atomic E-state index is 0.297. The van der Waals surface area contributed by atoms with E-state index in [9.17, 15) is 18.0 Å². The van der Waals surface area contributed by atoms with Crippen molar-refractivity contribution in [1.29, 1.82) is 0 Å². The highest BCUT2D eigenvalue weighted by atomic mass is 19.4. The number of hydrogen-bond acceptors (Lipinski definition) is 2. The molecule has 0 atom stereocenters. The van der Waals surface area contributed by atoms with Crippen molar-refractivity contribution in [3.05, 3.63) is 70.8 Å². The van der Waals surface area contributed by atoms with Gasteiger partial charge in [-0.3, -0.25) is 9.69 Å². The molecule has 0 radical (unpaired) electrons. The standard InChI is InChI=1S/C20H20F3NO/c21-20(22,23)18-10-3-2-9-17(18)19(25)16-8-6-7-15(13-16)14-24-11-4-1-5-12-24/h2-3,6-10,13H,1,4-5,11-12,14H2. The van der Waals surface area contributed by atoms with Crippen molar-refractivity contribution in [2.24, 2.45) is 0 Å². The summed E-state index contributed by atoms with van der Waals surface area (Å²) in [5.41, 5.74) is 0.0648. The average molecular weight is 347 g/mol. The molecular weight excluding hydrogens is 327 g/mol. The second-order valence-electron chi connectivity index (χ2n) is 6.41. The minimum atomic E-state index is -4.54. The van der Waals surface area contributed by atoms with Gasteiger partial charge in [0.15, 0.2) is 5.78 Å². The van der Waals surface area contributed by atoms with E-state index in [-0.39, 0.29) is 5.56 Å². The van der Waals surface area contributed by atoms with Gasteiger partial charge in [-0.2, -0.15) is 13.2 Å². The summed E-state index contributed by atoms with van der Waals surface area (Å²) in [4.78, 5) is 15.0. The van der Waals surface area contributed by atoms with Crippen LogP contribution in [0.3, 0.4) is 0 Å². The lowest BCUT2D eigenvalue weighted by atomic mass is 9.96. The van der Waals surface area contributed by atoms with E-state index in [1.807, 2.05) is 6.07 Å². The van der Waals surface area contributed by atoms with E-state index in [2.05, 4.69) is 4.90 Å². The monoisotopic (exact) mass is 347 g/mol. The van der Waals surface area contributed by atoms with Gasteiger partial charge in [0.2, 0.25) is 0 Å². The van der Waals surface area contributed by atoms with Crippen LogP contribution in [0, 0.1) is 0 Å². The highest BCUT2D eigenvalue weighted by molar-refractivity contribution is 6.10. The molecule has 25 heavy (non-hydrogen) atoms. The van der Waals surface area contributed by atoms with Crippen LogP contribution in [-0.4, -0.2) is 23.8 Å². The van der Waals surface area contributed by atoms with Crippen molar-refractivity contribution < 1.29 is 18.0 Å². The average Bonchev–Trinajstić information content (AvgIpc) is 2.61. The van der Waals surface area contributed by atoms with E-state index in [1.165, 1.54) is 24.6 Å². The van der Waals surface area contributed by atoms with E-state index in [0.717, 1.165) is 44.1 Å². The topological polar surface area (TPSA) is 20.3 Å². The zero-order valence-corrected chi connectivity index (χ0v) is 13.9. The maximum atomic E-state index is 13.2. The molecule has 1 aliphatic rings. The van der Waals surface area contributed by atoms with Gasteiger partial charge < -0.3 is 0 Å². The number of carbonyl (C=O) groups is 1. The van der Waals surface area contributed by atoms with Crippen molar-refractivity contribution in [3.63, 3.8) is 0 Å². The van der Waals surface area contributed by atoms with Crippen LogP contribution >= 0.6 is 0 Å². The molecule has 0 unspecified atom stereocenters. The molecule has 0 aromatic heterocycles. The molecule has 1 fully saturated rings. The van der Waals surface area contributed by atoms with E-state index in [1.54, 1.807) is 18.2 Å². The molecule has 1 heterocycles. The molecule has 2 nitrogen and oxygen atoms in total. The van der Waals surface area contributed by atoms with Crippen LogP contribution in [-0.2, 0) is 12.7 Å². The Bertz CT molecular complexity index is 749. The maximum absolute atomic E-state index is 13.2. The molecule has 132 valence electrons. The summed E-state index contributed by atoms with van der Waals surface area (Å²) >= 11 is 0. The van der Waals surface area contributed by atoms with Crippen molar-refractivity contribution >= 4 is 5.78 Å². The van der Waals surface area contributed by atoms with Crippen LogP contribution in [0.5, 0.6) is 0 Å². The first-order valence-corrected chi connectivity index (χ1v) is 8.47. The molecule has 0 N–H and O–H groups in total. The number of rotatable bonds is 4. The number of nitrogens with zero attached hydrogens (tertiary/aromatic N) is 1. The van der Waals surface area contributed by atoms with Gasteiger partial charge in [-0.15, -0.1) is 0 Å². The fourth-order valence-corrected chi connectivity index (χ4v) is 3.27. The Morgan fingerprint density at radius 1 is 0.960 bits per heavy atom. The Labute approximate surface area is 145 Å². The smallest absolute Gasteiger partial charge is 0.299 e. The zero-order valence-electron chi connectivity index (χ0n) is 13.9. The third-order valence-corrected chi connectivity index (χ3v) is 4.52. The highest BCUT2D eigenvalue weighted by Gasteiger charge is 2.35. The van der Waals surface area contributed by atoms with Gasteiger partial charge in [0.25, 0.3) is 0 Å². The van der Waals surface area contributed by atoms with Gasteiger partial charge in [0, 0.05) is 17.7 Å². The first kappa shape index (κ1) is 17.7. The van der Waals surface area contributed by atoms with E-state index in [0.29, 0.717) is 5.56 Å². The Hall–Kier alpha value is -2.14. The van der Waals surface area contributed by atoms with Gasteiger partial charge in [-0.1, -0.05) is 42.8 Å². The number of carbonyl (C=O) groups excluding carboxylic acids is 1. The second kappa shape index (κ2) is 7.40. The van der Waals surface area contributed by atoms with Crippen LogP contribution in [0.1, 0.15) is 46.3 Å².